The van der Waals surface area contributed by atoms with E-state index >= 15 is 0 Å². The Labute approximate surface area is 213 Å². The lowest BCUT2D eigenvalue weighted by Crippen LogP contribution is -2.78. The summed E-state index contributed by atoms with van der Waals surface area (Å²) < 4.78 is 22.5. The van der Waals surface area contributed by atoms with Gasteiger partial charge in [0.25, 0.3) is 0 Å². The molecule has 2 aliphatic heterocycles. The Morgan fingerprint density at radius 1 is 1.22 bits per heavy atom. The van der Waals surface area contributed by atoms with Crippen molar-refractivity contribution in [1.82, 2.24) is 0 Å². The molecule has 2 heterocycles. The van der Waals surface area contributed by atoms with E-state index in [4.69, 9.17) is 18.9 Å². The van der Waals surface area contributed by atoms with E-state index < -0.39 is 82.1 Å². The number of aliphatic hydroxyl groups excluding tert-OH is 3. The molecule has 2 saturated carbocycles. The number of ether oxygens (including phenoxy) is 4. The largest absolute Gasteiger partial charge is 0.504 e. The van der Waals surface area contributed by atoms with Gasteiger partial charge in [-0.05, 0) is 24.5 Å². The molecule has 3 N–H and O–H groups in total. The van der Waals surface area contributed by atoms with Gasteiger partial charge >= 0.3 is 17.9 Å². The molecule has 4 fully saturated rings. The van der Waals surface area contributed by atoms with Gasteiger partial charge in [-0.25, -0.2) is 9.59 Å². The highest BCUT2D eigenvalue weighted by Crippen LogP contribution is 2.71. The smallest absolute Gasteiger partial charge is 0.348 e. The van der Waals surface area contributed by atoms with E-state index in [1.165, 1.54) is 6.08 Å². The van der Waals surface area contributed by atoms with Crippen LogP contribution in [0, 0.1) is 28.6 Å². The lowest BCUT2D eigenvalue weighted by atomic mass is 9.40. The zero-order valence-electron chi connectivity index (χ0n) is 21.3. The molecule has 2 bridgehead atoms. The third-order valence-electron chi connectivity index (χ3n) is 9.16. The van der Waals surface area contributed by atoms with Gasteiger partial charge in [0.05, 0.1) is 25.7 Å². The van der Waals surface area contributed by atoms with Crippen molar-refractivity contribution in [1.29, 1.82) is 0 Å². The van der Waals surface area contributed by atoms with Gasteiger partial charge in [0.2, 0.25) is 17.5 Å². The van der Waals surface area contributed by atoms with Crippen LogP contribution in [0.15, 0.2) is 23.0 Å². The van der Waals surface area contributed by atoms with Crippen LogP contribution < -0.4 is 0 Å². The highest BCUT2D eigenvalue weighted by molar-refractivity contribution is 6.08. The minimum Gasteiger partial charge on any atom is -0.504 e. The summed E-state index contributed by atoms with van der Waals surface area (Å²) in [6.07, 6.45) is -4.68. The monoisotopic (exact) mass is 520 g/mol. The number of methoxy groups -OCH3 is 1. The lowest BCUT2D eigenvalue weighted by molar-refractivity contribution is -0.273. The number of allylic oxidation sites excluding steroid dienone is 2. The molecule has 5 rings (SSSR count). The number of carbonyl (C=O) groups excluding carboxylic acids is 4. The summed E-state index contributed by atoms with van der Waals surface area (Å²) in [6, 6.07) is 0. The van der Waals surface area contributed by atoms with Crippen molar-refractivity contribution in [2.45, 2.75) is 70.6 Å². The Balaban J connectivity index is 1.75. The van der Waals surface area contributed by atoms with Gasteiger partial charge in [-0.2, -0.15) is 0 Å². The minimum atomic E-state index is -2.21. The van der Waals surface area contributed by atoms with Crippen LogP contribution in [-0.2, 0) is 38.1 Å². The molecule has 0 radical (unpaired) electrons. The molecular formula is C26H32O11. The molecule has 9 atom stereocenters. The van der Waals surface area contributed by atoms with Crippen LogP contribution in [0.25, 0.3) is 0 Å². The molecule has 2 saturated heterocycles. The van der Waals surface area contributed by atoms with Crippen LogP contribution in [0.4, 0.5) is 0 Å². The van der Waals surface area contributed by atoms with Gasteiger partial charge in [0.15, 0.2) is 5.76 Å². The van der Waals surface area contributed by atoms with Crippen LogP contribution in [0.5, 0.6) is 0 Å². The fourth-order valence-electron chi connectivity index (χ4n) is 7.84. The maximum atomic E-state index is 13.4. The van der Waals surface area contributed by atoms with Gasteiger partial charge in [-0.15, -0.1) is 0 Å². The summed E-state index contributed by atoms with van der Waals surface area (Å²) in [6.45, 7) is 6.64. The summed E-state index contributed by atoms with van der Waals surface area (Å²) in [4.78, 5) is 52.0. The molecule has 1 spiro atoms. The summed E-state index contributed by atoms with van der Waals surface area (Å²) in [7, 11) is 1.09. The van der Waals surface area contributed by atoms with Crippen molar-refractivity contribution < 1.29 is 53.4 Å². The van der Waals surface area contributed by atoms with Crippen molar-refractivity contribution in [2.24, 2.45) is 28.6 Å². The van der Waals surface area contributed by atoms with Crippen LogP contribution in [0.1, 0.15) is 40.5 Å². The average Bonchev–Trinajstić information content (AvgIpc) is 3.12. The summed E-state index contributed by atoms with van der Waals surface area (Å²) in [5.41, 5.74) is -3.92. The zero-order valence-corrected chi connectivity index (χ0v) is 21.3. The molecule has 3 aliphatic carbocycles. The van der Waals surface area contributed by atoms with E-state index in [1.807, 2.05) is 0 Å². The average molecular weight is 521 g/mol. The predicted octanol–water partition coefficient (Wildman–Crippen LogP) is 0.517. The molecule has 0 amide bonds. The van der Waals surface area contributed by atoms with Gasteiger partial charge in [0, 0.05) is 35.2 Å². The van der Waals surface area contributed by atoms with E-state index in [0.717, 1.165) is 7.11 Å². The second kappa shape index (κ2) is 8.12. The molecule has 11 nitrogen and oxygen atoms in total. The molecule has 9 unspecified atom stereocenters. The Morgan fingerprint density at radius 2 is 1.89 bits per heavy atom. The van der Waals surface area contributed by atoms with E-state index in [-0.39, 0.29) is 30.9 Å². The number of ketones is 1. The molecule has 0 aromatic carbocycles. The van der Waals surface area contributed by atoms with E-state index in [0.29, 0.717) is 5.57 Å². The Kier molecular flexibility index (Phi) is 5.68. The van der Waals surface area contributed by atoms with Crippen molar-refractivity contribution in [3.8, 4) is 0 Å². The Morgan fingerprint density at radius 3 is 2.51 bits per heavy atom. The summed E-state index contributed by atoms with van der Waals surface area (Å²) in [5.74, 6) is -6.03. The molecule has 202 valence electrons. The van der Waals surface area contributed by atoms with Gasteiger partial charge < -0.3 is 34.3 Å². The third-order valence-corrected chi connectivity index (χ3v) is 9.16. The summed E-state index contributed by atoms with van der Waals surface area (Å²) in [5, 5.41) is 33.6. The number of esters is 3. The third kappa shape index (κ3) is 3.04. The fourth-order valence-corrected chi connectivity index (χ4v) is 7.84. The maximum Gasteiger partial charge on any atom is 0.348 e. The van der Waals surface area contributed by atoms with Crippen LogP contribution >= 0.6 is 0 Å². The van der Waals surface area contributed by atoms with Crippen LogP contribution in [0.2, 0.25) is 0 Å². The topological polar surface area (TPSA) is 166 Å². The standard InChI is InChI=1S/C26H32O11/c1-10(2)6-15(28)37-18-20-25-9-35-26(20,23(33)34-5)21(31)17(30)19(25)24(4)8-13(27)16(29)11(3)12(24)7-14(25)36-22(18)32/h8,10,14,17-21,27,30-31H,6-7,9H2,1-5H3. The highest BCUT2D eigenvalue weighted by Gasteiger charge is 2.84. The maximum absolute atomic E-state index is 13.4. The van der Waals surface area contributed by atoms with Gasteiger partial charge in [-0.3, -0.25) is 9.59 Å². The second-order valence-electron chi connectivity index (χ2n) is 11.5. The Hall–Kier alpha value is -2.76. The number of hydrogen-bond donors (Lipinski definition) is 3. The second-order valence-corrected chi connectivity index (χ2v) is 11.5. The van der Waals surface area contributed by atoms with E-state index in [1.54, 1.807) is 27.7 Å². The molecular weight excluding hydrogens is 488 g/mol. The normalized spacial score (nSPS) is 44.1. The molecule has 37 heavy (non-hydrogen) atoms. The fraction of sp³-hybridized carbons (Fsp3) is 0.692. The van der Waals surface area contributed by atoms with E-state index in [9.17, 15) is 34.5 Å². The molecule has 5 aliphatic rings. The molecule has 0 aromatic heterocycles. The Bertz CT molecular complexity index is 1150. The summed E-state index contributed by atoms with van der Waals surface area (Å²) >= 11 is 0. The van der Waals surface area contributed by atoms with Crippen molar-refractivity contribution in [2.75, 3.05) is 13.7 Å². The van der Waals surface area contributed by atoms with Gasteiger partial charge in [0.1, 0.15) is 12.2 Å². The number of hydrogen-bond acceptors (Lipinski definition) is 11. The number of rotatable bonds is 4. The first-order valence-corrected chi connectivity index (χ1v) is 12.4. The number of carbonyl (C=O) groups is 4. The van der Waals surface area contributed by atoms with Crippen LogP contribution in [0.3, 0.4) is 0 Å². The minimum absolute atomic E-state index is 0.00383. The van der Waals surface area contributed by atoms with Crippen molar-refractivity contribution in [3.63, 3.8) is 0 Å². The quantitative estimate of drug-likeness (QED) is 0.349. The number of fused-ring (bicyclic) bond motifs is 2. The van der Waals surface area contributed by atoms with Crippen LogP contribution in [-0.4, -0.2) is 82.7 Å². The number of aliphatic hydroxyl groups is 3. The lowest BCUT2D eigenvalue weighted by Gasteiger charge is -2.65. The SMILES string of the molecule is COC(=O)C12OCC34C(CC5=C(C)C(=O)C(O)=CC5(C)C3C(O)C1O)OC(=O)C(OC(=O)CC(C)C)C24. The zero-order chi connectivity index (χ0) is 27.2. The predicted molar refractivity (Wildman–Crippen MR) is 122 cm³/mol. The molecule has 11 heteroatoms. The molecule has 0 aromatic rings. The first-order chi connectivity index (χ1) is 17.3. The van der Waals surface area contributed by atoms with E-state index in [2.05, 4.69) is 0 Å². The first kappa shape index (κ1) is 25.9. The highest BCUT2D eigenvalue weighted by atomic mass is 16.6. The first-order valence-electron chi connectivity index (χ1n) is 12.4. The van der Waals surface area contributed by atoms with Crippen molar-refractivity contribution in [3.05, 3.63) is 23.0 Å². The van der Waals surface area contributed by atoms with Gasteiger partial charge in [-0.1, -0.05) is 20.8 Å². The van der Waals surface area contributed by atoms with Crippen molar-refractivity contribution >= 4 is 23.7 Å². The number of Topliss-reactive ketones (excluding diaryl/α,β-unsaturated/α-hetero) is 1.